The van der Waals surface area contributed by atoms with Crippen LogP contribution in [0.1, 0.15) is 77.1 Å². The van der Waals surface area contributed by atoms with Gasteiger partial charge in [0.1, 0.15) is 11.2 Å². The van der Waals surface area contributed by atoms with Crippen LogP contribution in [0.25, 0.3) is 0 Å². The average Bonchev–Trinajstić information content (AvgIpc) is 3.64. The molecule has 0 radical (unpaired) electrons. The number of aromatic nitrogens is 2. The van der Waals surface area contributed by atoms with E-state index in [0.717, 1.165) is 11.1 Å². The normalized spacial score (nSPS) is 22.1. The molecule has 4 fully saturated rings. The monoisotopic (exact) mass is 713 g/mol. The van der Waals surface area contributed by atoms with Gasteiger partial charge in [-0.15, -0.1) is 0 Å². The molecule has 14 heteroatoms. The van der Waals surface area contributed by atoms with E-state index in [9.17, 15) is 41.2 Å². The number of benzene rings is 2. The molecule has 1 aromatic heterocycles. The van der Waals surface area contributed by atoms with Crippen LogP contribution in [0, 0.1) is 33.9 Å². The summed E-state index contributed by atoms with van der Waals surface area (Å²) in [5, 5.41) is 14.3. The Morgan fingerprint density at radius 2 is 1.67 bits per heavy atom. The van der Waals surface area contributed by atoms with Gasteiger partial charge in [0.25, 0.3) is 5.91 Å². The van der Waals surface area contributed by atoms with Gasteiger partial charge in [0, 0.05) is 56.6 Å². The fourth-order valence-corrected chi connectivity index (χ4v) is 8.08. The fourth-order valence-electron chi connectivity index (χ4n) is 8.08. The van der Waals surface area contributed by atoms with Gasteiger partial charge >= 0.3 is 6.18 Å². The summed E-state index contributed by atoms with van der Waals surface area (Å²) in [5.74, 6) is -4.81. The zero-order valence-electron chi connectivity index (χ0n) is 27.8. The Morgan fingerprint density at radius 1 is 0.980 bits per heavy atom. The van der Waals surface area contributed by atoms with Gasteiger partial charge in [-0.1, -0.05) is 30.3 Å². The maximum atomic E-state index is 13.8. The first-order valence-corrected chi connectivity index (χ1v) is 17.1. The highest BCUT2D eigenvalue weighted by Gasteiger charge is 2.71. The topological polar surface area (TPSA) is 91.5 Å². The summed E-state index contributed by atoms with van der Waals surface area (Å²) >= 11 is 0. The Morgan fingerprint density at radius 3 is 2.31 bits per heavy atom. The summed E-state index contributed by atoms with van der Waals surface area (Å²) in [4.78, 5) is 29.7. The number of carbonyl (C=O) groups excluding carboxylic acids is 2. The van der Waals surface area contributed by atoms with Crippen molar-refractivity contribution in [3.05, 3.63) is 88.5 Å². The number of ether oxygens (including phenoxy) is 1. The molecular weight excluding hydrogens is 676 g/mol. The molecule has 3 aromatic rings. The lowest BCUT2D eigenvalue weighted by molar-refractivity contribution is -0.205. The average molecular weight is 714 g/mol. The molecule has 8 nitrogen and oxygen atoms in total. The van der Waals surface area contributed by atoms with Gasteiger partial charge in [-0.25, -0.2) is 13.2 Å². The number of hydrogen-bond donors (Lipinski definition) is 0. The van der Waals surface area contributed by atoms with Crippen molar-refractivity contribution >= 4 is 11.8 Å². The molecule has 1 atom stereocenters. The molecule has 2 amide bonds. The highest BCUT2D eigenvalue weighted by Crippen LogP contribution is 2.60. The Bertz CT molecular complexity index is 1830. The minimum atomic E-state index is -4.63. The van der Waals surface area contributed by atoms with Crippen molar-refractivity contribution in [2.24, 2.45) is 16.7 Å². The second-order valence-corrected chi connectivity index (χ2v) is 14.7. The second-order valence-electron chi connectivity index (χ2n) is 14.7. The van der Waals surface area contributed by atoms with E-state index in [1.807, 2.05) is 0 Å². The van der Waals surface area contributed by atoms with E-state index < -0.39 is 28.8 Å². The Balaban J connectivity index is 1.05. The molecule has 2 aliphatic carbocycles. The first-order chi connectivity index (χ1) is 24.2. The summed E-state index contributed by atoms with van der Waals surface area (Å²) in [6.07, 6.45) is -2.00. The van der Waals surface area contributed by atoms with Crippen molar-refractivity contribution in [2.45, 2.75) is 69.7 Å². The SMILES string of the molecule is N#Cc1c(COC[C@@H]2CN(C(=O)c3cnn(Cc4ccc(F)cc4)c3)CC23CN(C(=O)C2(C(F)(F)F)CC2)C3)cccc1C1CCC(F)(F)CC1. The van der Waals surface area contributed by atoms with Crippen LogP contribution < -0.4 is 0 Å². The van der Waals surface area contributed by atoms with E-state index >= 15 is 0 Å². The van der Waals surface area contributed by atoms with Gasteiger partial charge in [-0.2, -0.15) is 23.5 Å². The van der Waals surface area contributed by atoms with Crippen LogP contribution in [-0.2, 0) is 22.7 Å². The molecule has 51 heavy (non-hydrogen) atoms. The molecule has 1 spiro atoms. The number of hydrogen-bond acceptors (Lipinski definition) is 5. The lowest BCUT2D eigenvalue weighted by atomic mass is 9.71. The molecule has 0 N–H and O–H groups in total. The van der Waals surface area contributed by atoms with Gasteiger partial charge in [-0.05, 0) is 60.4 Å². The number of rotatable bonds is 9. The lowest BCUT2D eigenvalue weighted by Crippen LogP contribution is -2.65. The molecule has 0 bridgehead atoms. The molecular formula is C37H37F6N5O3. The highest BCUT2D eigenvalue weighted by molar-refractivity contribution is 5.94. The van der Waals surface area contributed by atoms with Crippen LogP contribution in [0.15, 0.2) is 54.9 Å². The van der Waals surface area contributed by atoms with Crippen LogP contribution in [0.3, 0.4) is 0 Å². The summed E-state index contributed by atoms with van der Waals surface area (Å²) in [6.45, 7) is 1.01. The standard InChI is InChI=1S/C37H37F6N5O3/c38-29-6-4-24(5-7-29)16-48-17-27(15-45-48)32(49)46-18-28(34(21-46)22-47(23-34)33(50)35(12-13-35)37(41,42)43)20-51-19-26-2-1-3-30(31(26)14-44)25-8-10-36(39,40)11-9-25/h1-7,15,17,25,28H,8-13,16,18-23H2/t28-/m0/s1. The molecule has 2 saturated heterocycles. The van der Waals surface area contributed by atoms with Gasteiger partial charge in [0.15, 0.2) is 0 Å². The molecule has 270 valence electrons. The van der Waals surface area contributed by atoms with Crippen LogP contribution >= 0.6 is 0 Å². The zero-order chi connectivity index (χ0) is 36.2. The van der Waals surface area contributed by atoms with Crippen LogP contribution in [0.4, 0.5) is 26.3 Å². The number of alkyl halides is 5. The minimum Gasteiger partial charge on any atom is -0.376 e. The molecule has 3 heterocycles. The number of nitrogens with zero attached hydrogens (tertiary/aromatic N) is 5. The highest BCUT2D eigenvalue weighted by atomic mass is 19.4. The predicted octanol–water partition coefficient (Wildman–Crippen LogP) is 6.69. The maximum absolute atomic E-state index is 13.8. The van der Waals surface area contributed by atoms with Gasteiger partial charge < -0.3 is 14.5 Å². The van der Waals surface area contributed by atoms with E-state index in [1.54, 1.807) is 46.1 Å². The third kappa shape index (κ3) is 6.72. The number of carbonyl (C=O) groups is 2. The smallest absolute Gasteiger partial charge is 0.376 e. The van der Waals surface area contributed by atoms with Gasteiger partial charge in [-0.3, -0.25) is 14.3 Å². The van der Waals surface area contributed by atoms with Crippen molar-refractivity contribution in [1.29, 1.82) is 5.26 Å². The molecule has 7 rings (SSSR count). The summed E-state index contributed by atoms with van der Waals surface area (Å²) < 4.78 is 90.1. The van der Waals surface area contributed by atoms with Crippen molar-refractivity contribution in [2.75, 3.05) is 32.8 Å². The predicted molar refractivity (Wildman–Crippen MR) is 171 cm³/mol. The largest absolute Gasteiger partial charge is 0.403 e. The Kier molecular flexibility index (Phi) is 8.92. The first kappa shape index (κ1) is 35.0. The van der Waals surface area contributed by atoms with Crippen molar-refractivity contribution < 1.29 is 40.7 Å². The first-order valence-electron chi connectivity index (χ1n) is 17.1. The minimum absolute atomic E-state index is 0.0378. The van der Waals surface area contributed by atoms with E-state index in [2.05, 4.69) is 11.2 Å². The van der Waals surface area contributed by atoms with E-state index in [4.69, 9.17) is 4.74 Å². The van der Waals surface area contributed by atoms with Crippen molar-refractivity contribution in [3.8, 4) is 6.07 Å². The molecule has 4 aliphatic rings. The van der Waals surface area contributed by atoms with Gasteiger partial charge in [0.2, 0.25) is 11.8 Å². The van der Waals surface area contributed by atoms with Crippen molar-refractivity contribution in [1.82, 2.24) is 19.6 Å². The van der Waals surface area contributed by atoms with Crippen molar-refractivity contribution in [3.63, 3.8) is 0 Å². The summed E-state index contributed by atoms with van der Waals surface area (Å²) in [6, 6.07) is 13.5. The van der Waals surface area contributed by atoms with Gasteiger partial charge in [0.05, 0.1) is 43.2 Å². The lowest BCUT2D eigenvalue weighted by Gasteiger charge is -2.51. The fraction of sp³-hybridized carbons (Fsp3) is 0.514. The van der Waals surface area contributed by atoms with E-state index in [-0.39, 0.29) is 101 Å². The number of likely N-dealkylation sites (tertiary alicyclic amines) is 2. The molecule has 2 aromatic carbocycles. The third-order valence-electron chi connectivity index (χ3n) is 11.3. The van der Waals surface area contributed by atoms with Crippen LogP contribution in [-0.4, -0.2) is 76.3 Å². The van der Waals surface area contributed by atoms with Crippen LogP contribution in [0.2, 0.25) is 0 Å². The summed E-state index contributed by atoms with van der Waals surface area (Å²) in [5.41, 5.74) is -0.211. The number of amides is 2. The third-order valence-corrected chi connectivity index (χ3v) is 11.3. The Labute approximate surface area is 291 Å². The molecule has 2 saturated carbocycles. The Hall–Kier alpha value is -4.38. The molecule has 2 aliphatic heterocycles. The van der Waals surface area contributed by atoms with Crippen LogP contribution in [0.5, 0.6) is 0 Å². The summed E-state index contributed by atoms with van der Waals surface area (Å²) in [7, 11) is 0. The van der Waals surface area contributed by atoms with E-state index in [0.29, 0.717) is 23.2 Å². The van der Waals surface area contributed by atoms with E-state index in [1.165, 1.54) is 23.2 Å². The molecule has 0 unspecified atom stereocenters. The number of halogens is 6. The number of nitriles is 1. The maximum Gasteiger partial charge on any atom is 0.403 e. The second kappa shape index (κ2) is 13.0. The quantitative estimate of drug-likeness (QED) is 0.231. The zero-order valence-corrected chi connectivity index (χ0v) is 27.8.